The van der Waals surface area contributed by atoms with Crippen molar-refractivity contribution in [3.8, 4) is 0 Å². The van der Waals surface area contributed by atoms with Crippen LogP contribution in [0.5, 0.6) is 0 Å². The molecule has 0 spiro atoms. The molecule has 126 valence electrons. The molecule has 0 atom stereocenters. The lowest BCUT2D eigenvalue weighted by molar-refractivity contribution is -0.124. The first-order chi connectivity index (χ1) is 11.3. The molecule has 2 aromatic carbocycles. The maximum Gasteiger partial charge on any atom is 0.267 e. The average Bonchev–Trinajstić information content (AvgIpc) is 2.59. The van der Waals surface area contributed by atoms with Crippen molar-refractivity contribution in [3.63, 3.8) is 0 Å². The molecule has 2 N–H and O–H groups in total. The van der Waals surface area contributed by atoms with Gasteiger partial charge >= 0.3 is 0 Å². The number of nitrogens with one attached hydrogen (secondary N) is 1. The molecule has 2 aromatic rings. The summed E-state index contributed by atoms with van der Waals surface area (Å²) < 4.78 is 26.5. The van der Waals surface area contributed by atoms with Gasteiger partial charge in [0.15, 0.2) is 0 Å². The summed E-state index contributed by atoms with van der Waals surface area (Å²) in [6.07, 6.45) is 2.67. The molecule has 0 heterocycles. The molecule has 0 aromatic heterocycles. The molecular weight excluding hydrogens is 328 g/mol. The smallest absolute Gasteiger partial charge is 0.267 e. The normalized spacial score (nSPS) is 11.5. The van der Waals surface area contributed by atoms with Crippen LogP contribution in [-0.2, 0) is 14.8 Å². The van der Waals surface area contributed by atoms with Crippen LogP contribution in [0.25, 0.3) is 6.08 Å². The third-order valence-corrected chi connectivity index (χ3v) is 5.22. The molecule has 0 aliphatic rings. The monoisotopic (exact) mass is 346 g/mol. The average molecular weight is 346 g/mol. The molecule has 0 aliphatic heterocycles. The van der Waals surface area contributed by atoms with Gasteiger partial charge in [-0.2, -0.15) is 0 Å². The number of hydrogen-bond donors (Lipinski definition) is 2. The number of rotatable bonds is 5. The second-order valence-corrected chi connectivity index (χ2v) is 7.16. The minimum atomic E-state index is -3.64. The Morgan fingerprint density at radius 1 is 1.17 bits per heavy atom. The first-order valence-electron chi connectivity index (χ1n) is 7.12. The van der Waals surface area contributed by atoms with E-state index in [2.05, 4.69) is 0 Å². The van der Waals surface area contributed by atoms with E-state index in [-0.39, 0.29) is 4.90 Å². The van der Waals surface area contributed by atoms with Crippen LogP contribution in [-0.4, -0.2) is 26.6 Å². The molecule has 0 bridgehead atoms. The summed E-state index contributed by atoms with van der Waals surface area (Å²) in [5.41, 5.74) is 3.56. The molecule has 0 aliphatic carbocycles. The summed E-state index contributed by atoms with van der Waals surface area (Å²) >= 11 is 0. The maximum atomic E-state index is 12.7. The van der Waals surface area contributed by atoms with E-state index in [1.807, 2.05) is 13.0 Å². The minimum Gasteiger partial charge on any atom is -0.288 e. The summed E-state index contributed by atoms with van der Waals surface area (Å²) in [4.78, 5) is 11.2. The first kappa shape index (κ1) is 17.7. The number of sulfonamides is 1. The fraction of sp³-hybridized carbons (Fsp3) is 0.118. The highest BCUT2D eigenvalue weighted by atomic mass is 32.2. The van der Waals surface area contributed by atoms with E-state index in [0.717, 1.165) is 5.56 Å². The van der Waals surface area contributed by atoms with Gasteiger partial charge in [0.2, 0.25) is 0 Å². The zero-order chi connectivity index (χ0) is 17.7. The van der Waals surface area contributed by atoms with Gasteiger partial charge in [0.05, 0.1) is 10.6 Å². The molecule has 6 nitrogen and oxygen atoms in total. The summed E-state index contributed by atoms with van der Waals surface area (Å²) in [6, 6.07) is 13.4. The highest BCUT2D eigenvalue weighted by Crippen LogP contribution is 2.23. The van der Waals surface area contributed by atoms with E-state index >= 15 is 0 Å². The zero-order valence-electron chi connectivity index (χ0n) is 13.3. The van der Waals surface area contributed by atoms with Crippen LogP contribution in [0.2, 0.25) is 0 Å². The van der Waals surface area contributed by atoms with Crippen LogP contribution in [0.1, 0.15) is 11.1 Å². The number of amides is 1. The van der Waals surface area contributed by atoms with Gasteiger partial charge in [-0.15, -0.1) is 0 Å². The van der Waals surface area contributed by atoms with E-state index in [1.165, 1.54) is 29.0 Å². The second-order valence-electron chi connectivity index (χ2n) is 5.19. The number of carbonyl (C=O) groups is 1. The number of hydroxylamine groups is 1. The number of benzene rings is 2. The number of carbonyl (C=O) groups excluding carboxylic acids is 1. The Morgan fingerprint density at radius 2 is 1.83 bits per heavy atom. The fourth-order valence-electron chi connectivity index (χ4n) is 2.08. The quantitative estimate of drug-likeness (QED) is 0.494. The Hall–Kier alpha value is -2.64. The Labute approximate surface area is 141 Å². The standard InChI is InChI=1S/C17H18N2O4S/c1-13-4-3-5-16(12-13)24(22,23)19(2)15-9-6-14(7-10-15)8-11-17(20)18-21/h3-12,21H,1-2H3,(H,18,20)/b11-8+. The molecule has 24 heavy (non-hydrogen) atoms. The van der Waals surface area contributed by atoms with Crippen molar-refractivity contribution in [2.45, 2.75) is 11.8 Å². The van der Waals surface area contributed by atoms with Gasteiger partial charge in [-0.25, -0.2) is 13.9 Å². The third kappa shape index (κ3) is 4.01. The van der Waals surface area contributed by atoms with Gasteiger partial charge in [-0.05, 0) is 48.4 Å². The molecule has 2 rings (SSSR count). The molecule has 0 unspecified atom stereocenters. The van der Waals surface area contributed by atoms with Crippen LogP contribution in [0.4, 0.5) is 5.69 Å². The first-order valence-corrected chi connectivity index (χ1v) is 8.56. The summed E-state index contributed by atoms with van der Waals surface area (Å²) in [7, 11) is -2.15. The topological polar surface area (TPSA) is 86.7 Å². The van der Waals surface area contributed by atoms with Crippen molar-refractivity contribution >= 4 is 27.7 Å². The third-order valence-electron chi connectivity index (χ3n) is 3.44. The molecule has 0 saturated carbocycles. The van der Waals surface area contributed by atoms with E-state index in [0.29, 0.717) is 11.3 Å². The van der Waals surface area contributed by atoms with Gasteiger partial charge < -0.3 is 0 Å². The Bertz CT molecular complexity index is 858. The van der Waals surface area contributed by atoms with Crippen molar-refractivity contribution in [3.05, 3.63) is 65.7 Å². The zero-order valence-corrected chi connectivity index (χ0v) is 14.1. The van der Waals surface area contributed by atoms with Crippen LogP contribution in [0.3, 0.4) is 0 Å². The van der Waals surface area contributed by atoms with Crippen LogP contribution in [0, 0.1) is 6.92 Å². The number of hydrogen-bond acceptors (Lipinski definition) is 4. The Morgan fingerprint density at radius 3 is 2.42 bits per heavy atom. The number of aryl methyl sites for hydroxylation is 1. The summed E-state index contributed by atoms with van der Waals surface area (Å²) in [6.45, 7) is 1.84. The molecular formula is C17H18N2O4S. The van der Waals surface area contributed by atoms with Crippen molar-refractivity contribution in [1.29, 1.82) is 0 Å². The molecule has 0 saturated heterocycles. The Kier molecular flexibility index (Phi) is 5.38. The van der Waals surface area contributed by atoms with Crippen molar-refractivity contribution in [1.82, 2.24) is 5.48 Å². The highest BCUT2D eigenvalue weighted by molar-refractivity contribution is 7.92. The van der Waals surface area contributed by atoms with E-state index in [1.54, 1.807) is 42.5 Å². The van der Waals surface area contributed by atoms with E-state index < -0.39 is 15.9 Å². The van der Waals surface area contributed by atoms with Crippen LogP contribution in [0.15, 0.2) is 59.5 Å². The lowest BCUT2D eigenvalue weighted by Crippen LogP contribution is -2.26. The number of anilines is 1. The van der Waals surface area contributed by atoms with Crippen molar-refractivity contribution in [2.24, 2.45) is 0 Å². The lowest BCUT2D eigenvalue weighted by Gasteiger charge is -2.20. The van der Waals surface area contributed by atoms with E-state index in [4.69, 9.17) is 5.21 Å². The van der Waals surface area contributed by atoms with E-state index in [9.17, 15) is 13.2 Å². The van der Waals surface area contributed by atoms with Crippen molar-refractivity contribution in [2.75, 3.05) is 11.4 Å². The summed E-state index contributed by atoms with van der Waals surface area (Å²) in [5, 5.41) is 8.42. The second kappa shape index (κ2) is 7.29. The van der Waals surface area contributed by atoms with Gasteiger partial charge in [-0.1, -0.05) is 24.3 Å². The number of nitrogens with zero attached hydrogens (tertiary/aromatic N) is 1. The van der Waals surface area contributed by atoms with Crippen LogP contribution >= 0.6 is 0 Å². The predicted molar refractivity (Wildman–Crippen MR) is 92.2 cm³/mol. The molecule has 0 radical (unpaired) electrons. The lowest BCUT2D eigenvalue weighted by atomic mass is 10.2. The van der Waals surface area contributed by atoms with Crippen molar-refractivity contribution < 1.29 is 18.4 Å². The van der Waals surface area contributed by atoms with Gasteiger partial charge in [0.25, 0.3) is 15.9 Å². The summed E-state index contributed by atoms with van der Waals surface area (Å²) in [5.74, 6) is -0.641. The molecule has 7 heteroatoms. The van der Waals surface area contributed by atoms with Gasteiger partial charge in [-0.3, -0.25) is 14.3 Å². The fourth-order valence-corrected chi connectivity index (χ4v) is 3.38. The molecule has 1 amide bonds. The SMILES string of the molecule is Cc1cccc(S(=O)(=O)N(C)c2ccc(/C=C/C(=O)NO)cc2)c1. The highest BCUT2D eigenvalue weighted by Gasteiger charge is 2.21. The predicted octanol–water partition coefficient (Wildman–Crippen LogP) is 2.34. The molecule has 0 fully saturated rings. The largest absolute Gasteiger partial charge is 0.288 e. The van der Waals surface area contributed by atoms with Gasteiger partial charge in [0.1, 0.15) is 0 Å². The Balaban J connectivity index is 2.25. The van der Waals surface area contributed by atoms with Gasteiger partial charge in [0, 0.05) is 13.1 Å². The maximum absolute atomic E-state index is 12.7. The minimum absolute atomic E-state index is 0.230. The van der Waals surface area contributed by atoms with Crippen LogP contribution < -0.4 is 9.79 Å².